The normalized spacial score (nSPS) is 11.8. The fourth-order valence-electron chi connectivity index (χ4n) is 2.80. The third-order valence-corrected chi connectivity index (χ3v) is 4.16. The first-order valence-corrected chi connectivity index (χ1v) is 9.29. The lowest BCUT2D eigenvalue weighted by Crippen LogP contribution is -2.29. The third kappa shape index (κ3) is 6.39. The summed E-state index contributed by atoms with van der Waals surface area (Å²) in [6, 6.07) is 25.6. The van der Waals surface area contributed by atoms with Crippen LogP contribution in [0, 0.1) is 0 Å². The van der Waals surface area contributed by atoms with E-state index in [1.807, 2.05) is 60.7 Å². The van der Waals surface area contributed by atoms with Crippen LogP contribution in [0.2, 0.25) is 0 Å². The number of nitrogens with zero attached hydrogens (tertiary/aromatic N) is 2. The van der Waals surface area contributed by atoms with Crippen molar-refractivity contribution < 1.29 is 9.59 Å². The molecule has 1 atom stereocenters. The van der Waals surface area contributed by atoms with Gasteiger partial charge in [0.15, 0.2) is 0 Å². The molecule has 0 aliphatic heterocycles. The van der Waals surface area contributed by atoms with E-state index in [1.165, 1.54) is 6.92 Å². The largest absolute Gasteiger partial charge is 0.349 e. The second-order valence-corrected chi connectivity index (χ2v) is 6.50. The Bertz CT molecular complexity index is 971. The fraction of sp³-hybridized carbons (Fsp3) is 0.130. The van der Waals surface area contributed by atoms with E-state index in [-0.39, 0.29) is 24.3 Å². The van der Waals surface area contributed by atoms with Gasteiger partial charge in [-0.2, -0.15) is 10.2 Å². The fourth-order valence-corrected chi connectivity index (χ4v) is 2.80. The second kappa shape index (κ2) is 9.94. The monoisotopic (exact) mass is 386 g/mol. The zero-order chi connectivity index (χ0) is 20.5. The summed E-state index contributed by atoms with van der Waals surface area (Å²) >= 11 is 0. The van der Waals surface area contributed by atoms with Gasteiger partial charge in [0.05, 0.1) is 23.8 Å². The van der Waals surface area contributed by atoms with Crippen molar-refractivity contribution in [3.63, 3.8) is 0 Å². The maximum Gasteiger partial charge on any atom is 0.226 e. The first kappa shape index (κ1) is 19.9. The Balaban J connectivity index is 1.60. The van der Waals surface area contributed by atoms with Crippen LogP contribution in [-0.2, 0) is 9.59 Å². The standard InChI is InChI=1S/C23H22N4O2/c1-17(28)24-22(18-8-4-2-5-9-18)16-23(29)25-19-12-14-21(15-13-19)27-26-20-10-6-3-7-11-20/h2-15,22H,16H2,1H3,(H,24,28)(H,25,29). The molecule has 0 saturated heterocycles. The van der Waals surface area contributed by atoms with Gasteiger partial charge in [-0.1, -0.05) is 48.5 Å². The van der Waals surface area contributed by atoms with E-state index >= 15 is 0 Å². The Morgan fingerprint density at radius 2 is 1.34 bits per heavy atom. The molecule has 0 radical (unpaired) electrons. The van der Waals surface area contributed by atoms with Gasteiger partial charge in [0, 0.05) is 12.6 Å². The van der Waals surface area contributed by atoms with Crippen LogP contribution in [0.1, 0.15) is 24.9 Å². The number of carbonyl (C=O) groups excluding carboxylic acids is 2. The third-order valence-electron chi connectivity index (χ3n) is 4.16. The number of amides is 2. The van der Waals surface area contributed by atoms with Crippen LogP contribution < -0.4 is 10.6 Å². The summed E-state index contributed by atoms with van der Waals surface area (Å²) in [5.74, 6) is -0.369. The van der Waals surface area contributed by atoms with Crippen molar-refractivity contribution in [2.24, 2.45) is 10.2 Å². The molecule has 3 rings (SSSR count). The van der Waals surface area contributed by atoms with E-state index in [4.69, 9.17) is 0 Å². The molecule has 0 aromatic heterocycles. The van der Waals surface area contributed by atoms with E-state index in [9.17, 15) is 9.59 Å². The lowest BCUT2D eigenvalue weighted by Gasteiger charge is -2.18. The zero-order valence-corrected chi connectivity index (χ0v) is 16.1. The van der Waals surface area contributed by atoms with Crippen molar-refractivity contribution in [2.75, 3.05) is 5.32 Å². The molecule has 146 valence electrons. The first-order chi connectivity index (χ1) is 14.1. The molecule has 3 aromatic carbocycles. The molecule has 3 aromatic rings. The summed E-state index contributed by atoms with van der Waals surface area (Å²) < 4.78 is 0. The van der Waals surface area contributed by atoms with Crippen LogP contribution in [-0.4, -0.2) is 11.8 Å². The van der Waals surface area contributed by atoms with Gasteiger partial charge in [0.1, 0.15) is 0 Å². The molecule has 0 saturated carbocycles. The summed E-state index contributed by atoms with van der Waals surface area (Å²) in [6.07, 6.45) is 0.138. The molecule has 1 unspecified atom stereocenters. The minimum absolute atomic E-state index is 0.138. The molecule has 0 aliphatic rings. The van der Waals surface area contributed by atoms with E-state index in [0.717, 1.165) is 11.3 Å². The average molecular weight is 386 g/mol. The van der Waals surface area contributed by atoms with Crippen molar-refractivity contribution in [3.8, 4) is 0 Å². The molecule has 0 spiro atoms. The van der Waals surface area contributed by atoms with Crippen LogP contribution in [0.25, 0.3) is 0 Å². The van der Waals surface area contributed by atoms with E-state index in [0.29, 0.717) is 11.4 Å². The zero-order valence-electron chi connectivity index (χ0n) is 16.1. The summed E-state index contributed by atoms with van der Waals surface area (Å²) in [7, 11) is 0. The minimum atomic E-state index is -0.382. The number of azo groups is 1. The van der Waals surface area contributed by atoms with Crippen molar-refractivity contribution in [1.29, 1.82) is 0 Å². The number of benzene rings is 3. The number of anilines is 1. The summed E-state index contributed by atoms with van der Waals surface area (Å²) in [6.45, 7) is 1.44. The molecule has 2 amide bonds. The Labute approximate surface area is 169 Å². The molecular formula is C23H22N4O2. The van der Waals surface area contributed by atoms with Gasteiger partial charge in [-0.05, 0) is 42.0 Å². The first-order valence-electron chi connectivity index (χ1n) is 9.29. The van der Waals surface area contributed by atoms with Crippen molar-refractivity contribution in [1.82, 2.24) is 5.32 Å². The quantitative estimate of drug-likeness (QED) is 0.540. The Kier molecular flexibility index (Phi) is 6.84. The SMILES string of the molecule is CC(=O)NC(CC(=O)Nc1ccc(N=Nc2ccccc2)cc1)c1ccccc1. The molecule has 0 bridgehead atoms. The highest BCUT2D eigenvalue weighted by atomic mass is 16.2. The number of rotatable bonds is 7. The Morgan fingerprint density at radius 1 is 0.793 bits per heavy atom. The smallest absolute Gasteiger partial charge is 0.226 e. The van der Waals surface area contributed by atoms with Crippen LogP contribution in [0.3, 0.4) is 0 Å². The molecule has 0 heterocycles. The summed E-state index contributed by atoms with van der Waals surface area (Å²) in [4.78, 5) is 24.0. The van der Waals surface area contributed by atoms with Crippen LogP contribution in [0.5, 0.6) is 0 Å². The van der Waals surface area contributed by atoms with Gasteiger partial charge in [-0.3, -0.25) is 9.59 Å². The van der Waals surface area contributed by atoms with Crippen molar-refractivity contribution in [2.45, 2.75) is 19.4 Å². The van der Waals surface area contributed by atoms with Crippen LogP contribution in [0.4, 0.5) is 17.1 Å². The highest BCUT2D eigenvalue weighted by Gasteiger charge is 2.17. The Morgan fingerprint density at radius 3 is 1.93 bits per heavy atom. The summed E-state index contributed by atoms with van der Waals surface area (Å²) in [5, 5.41) is 14.0. The molecule has 0 fully saturated rings. The van der Waals surface area contributed by atoms with E-state index in [2.05, 4.69) is 20.9 Å². The van der Waals surface area contributed by atoms with Gasteiger partial charge in [0.2, 0.25) is 11.8 Å². The number of nitrogens with one attached hydrogen (secondary N) is 2. The molecule has 2 N–H and O–H groups in total. The van der Waals surface area contributed by atoms with Crippen LogP contribution in [0.15, 0.2) is 95.2 Å². The van der Waals surface area contributed by atoms with Crippen LogP contribution >= 0.6 is 0 Å². The van der Waals surface area contributed by atoms with Gasteiger partial charge < -0.3 is 10.6 Å². The molecule has 6 nitrogen and oxygen atoms in total. The van der Waals surface area contributed by atoms with Gasteiger partial charge in [0.25, 0.3) is 0 Å². The average Bonchev–Trinajstić information content (AvgIpc) is 2.74. The summed E-state index contributed by atoms with van der Waals surface area (Å²) in [5.41, 5.74) is 3.00. The molecular weight excluding hydrogens is 364 g/mol. The van der Waals surface area contributed by atoms with E-state index < -0.39 is 0 Å². The topological polar surface area (TPSA) is 82.9 Å². The number of carbonyl (C=O) groups is 2. The highest BCUT2D eigenvalue weighted by molar-refractivity contribution is 5.91. The van der Waals surface area contributed by atoms with Gasteiger partial charge in [-0.25, -0.2) is 0 Å². The number of hydrogen-bond donors (Lipinski definition) is 2. The second-order valence-electron chi connectivity index (χ2n) is 6.50. The minimum Gasteiger partial charge on any atom is -0.349 e. The van der Waals surface area contributed by atoms with Gasteiger partial charge in [-0.15, -0.1) is 0 Å². The molecule has 29 heavy (non-hydrogen) atoms. The number of hydrogen-bond acceptors (Lipinski definition) is 4. The maximum absolute atomic E-state index is 12.5. The van der Waals surface area contributed by atoms with Gasteiger partial charge >= 0.3 is 0 Å². The maximum atomic E-state index is 12.5. The lowest BCUT2D eigenvalue weighted by atomic mass is 10.0. The Hall–Kier alpha value is -3.80. The highest BCUT2D eigenvalue weighted by Crippen LogP contribution is 2.21. The van der Waals surface area contributed by atoms with Crippen molar-refractivity contribution >= 4 is 28.9 Å². The molecule has 0 aliphatic carbocycles. The lowest BCUT2D eigenvalue weighted by molar-refractivity contribution is -0.120. The van der Waals surface area contributed by atoms with Crippen molar-refractivity contribution in [3.05, 3.63) is 90.5 Å². The molecule has 6 heteroatoms. The predicted molar refractivity (Wildman–Crippen MR) is 113 cm³/mol. The predicted octanol–water partition coefficient (Wildman–Crippen LogP) is 5.31. The van der Waals surface area contributed by atoms with E-state index in [1.54, 1.807) is 24.3 Å².